The first kappa shape index (κ1) is 34.9. The molecule has 1 saturated carbocycles. The van der Waals surface area contributed by atoms with E-state index in [9.17, 15) is 9.90 Å². The van der Waals surface area contributed by atoms with E-state index in [4.69, 9.17) is 45.0 Å². The third-order valence-corrected chi connectivity index (χ3v) is 10.7. The van der Waals surface area contributed by atoms with E-state index in [1.54, 1.807) is 4.90 Å². The number of aromatic nitrogens is 2. The summed E-state index contributed by atoms with van der Waals surface area (Å²) in [6.07, 6.45) is 6.35. The third kappa shape index (κ3) is 7.20. The van der Waals surface area contributed by atoms with Gasteiger partial charge >= 0.3 is 13.2 Å². The molecule has 1 atom stereocenters. The highest BCUT2D eigenvalue weighted by Crippen LogP contribution is 2.48. The van der Waals surface area contributed by atoms with Gasteiger partial charge in [-0.25, -0.2) is 9.48 Å². The Bertz CT molecular complexity index is 1450. The van der Waals surface area contributed by atoms with Crippen molar-refractivity contribution in [1.29, 1.82) is 0 Å². The van der Waals surface area contributed by atoms with Gasteiger partial charge in [0.05, 0.1) is 53.9 Å². The first-order valence-electron chi connectivity index (χ1n) is 17.1. The molecule has 1 aliphatic carbocycles. The largest absolute Gasteiger partial charge is 0.495 e. The van der Waals surface area contributed by atoms with Crippen molar-refractivity contribution >= 4 is 41.2 Å². The zero-order valence-corrected chi connectivity index (χ0v) is 29.8. The Balaban J connectivity index is 1.10. The lowest BCUT2D eigenvalue weighted by Gasteiger charge is -2.56. The minimum absolute atomic E-state index is 0.131. The third-order valence-electron chi connectivity index (χ3n) is 10.3. The molecule has 11 nitrogen and oxygen atoms in total. The van der Waals surface area contributed by atoms with Crippen molar-refractivity contribution in [3.05, 3.63) is 22.8 Å². The molecule has 4 heterocycles. The number of carbonyl (C=O) groups is 1. The number of aliphatic hydroxyl groups is 1. The standard InChI is InChI=1S/C34H51BClN3O8/c1-30(2,3)45-29(40)38-13-17-44-34(22-38)20-33(41,21-34)12-16-42-15-11-23-25(36)18-26-24(19-37-39(26)27-10-8-9-14-43-27)28(23)35-46-31(4,5)32(6,7)47-35/h18-19,27,41H,8-17,20-22H2,1-7H3. The van der Waals surface area contributed by atoms with Gasteiger partial charge in [0.25, 0.3) is 0 Å². The maximum atomic E-state index is 12.6. The van der Waals surface area contributed by atoms with Crippen molar-refractivity contribution in [2.45, 2.75) is 128 Å². The van der Waals surface area contributed by atoms with Crippen LogP contribution in [0.3, 0.4) is 0 Å². The summed E-state index contributed by atoms with van der Waals surface area (Å²) < 4.78 is 38.8. The second-order valence-corrected chi connectivity index (χ2v) is 16.2. The number of hydrogen-bond acceptors (Lipinski definition) is 9. The molecular weight excluding hydrogens is 625 g/mol. The summed E-state index contributed by atoms with van der Waals surface area (Å²) in [5.74, 6) is 0. The molecule has 1 aromatic heterocycles. The number of halogens is 1. The van der Waals surface area contributed by atoms with E-state index in [0.29, 0.717) is 70.2 Å². The summed E-state index contributed by atoms with van der Waals surface area (Å²) in [6, 6.07) is 1.97. The molecule has 0 bridgehead atoms. The van der Waals surface area contributed by atoms with Crippen LogP contribution in [0.2, 0.25) is 5.02 Å². The van der Waals surface area contributed by atoms with Gasteiger partial charge in [0.1, 0.15) is 5.60 Å². The van der Waals surface area contributed by atoms with Gasteiger partial charge in [-0.3, -0.25) is 0 Å². The average molecular weight is 676 g/mol. The molecule has 0 radical (unpaired) electrons. The van der Waals surface area contributed by atoms with Crippen molar-refractivity contribution in [2.75, 3.05) is 39.5 Å². The second kappa shape index (κ2) is 12.8. The normalized spacial score (nSPS) is 29.0. The molecule has 4 aliphatic rings. The Morgan fingerprint density at radius 2 is 1.85 bits per heavy atom. The number of amides is 1. The predicted molar refractivity (Wildman–Crippen MR) is 179 cm³/mol. The predicted octanol–water partition coefficient (Wildman–Crippen LogP) is 5.17. The monoisotopic (exact) mass is 675 g/mol. The molecule has 1 unspecified atom stereocenters. The molecule has 13 heteroatoms. The second-order valence-electron chi connectivity index (χ2n) is 15.8. The van der Waals surface area contributed by atoms with Gasteiger partial charge in [0.15, 0.2) is 6.23 Å². The lowest BCUT2D eigenvalue weighted by atomic mass is 9.65. The fourth-order valence-electron chi connectivity index (χ4n) is 7.26. The summed E-state index contributed by atoms with van der Waals surface area (Å²) in [5, 5.41) is 17.5. The summed E-state index contributed by atoms with van der Waals surface area (Å²) >= 11 is 7.03. The molecular formula is C34H51BClN3O8. The van der Waals surface area contributed by atoms with Crippen LogP contribution < -0.4 is 5.46 Å². The highest BCUT2D eigenvalue weighted by molar-refractivity contribution is 6.66. The number of ether oxygens (including phenoxy) is 4. The minimum Gasteiger partial charge on any atom is -0.444 e. The summed E-state index contributed by atoms with van der Waals surface area (Å²) in [6.45, 7) is 16.6. The van der Waals surface area contributed by atoms with E-state index in [2.05, 4.69) is 0 Å². The maximum Gasteiger partial charge on any atom is 0.495 e. The molecule has 6 rings (SSSR count). The van der Waals surface area contributed by atoms with Crippen LogP contribution in [-0.2, 0) is 34.7 Å². The van der Waals surface area contributed by atoms with Gasteiger partial charge in [-0.05, 0) is 97.7 Å². The van der Waals surface area contributed by atoms with Crippen molar-refractivity contribution in [3.63, 3.8) is 0 Å². The van der Waals surface area contributed by atoms with Gasteiger partial charge in [0.2, 0.25) is 0 Å². The average Bonchev–Trinajstić information content (AvgIpc) is 3.47. The molecule has 3 saturated heterocycles. The van der Waals surface area contributed by atoms with Crippen molar-refractivity contribution in [1.82, 2.24) is 14.7 Å². The number of nitrogens with zero attached hydrogens (tertiary/aromatic N) is 3. The minimum atomic E-state index is -0.906. The number of carbonyl (C=O) groups excluding carboxylic acids is 1. The Labute approximate surface area is 283 Å². The van der Waals surface area contributed by atoms with E-state index < -0.39 is 35.1 Å². The number of rotatable bonds is 8. The van der Waals surface area contributed by atoms with Crippen LogP contribution in [0.5, 0.6) is 0 Å². The molecule has 1 amide bonds. The zero-order chi connectivity index (χ0) is 33.8. The van der Waals surface area contributed by atoms with Crippen molar-refractivity contribution in [3.8, 4) is 0 Å². The first-order valence-corrected chi connectivity index (χ1v) is 17.5. The van der Waals surface area contributed by atoms with E-state index in [0.717, 1.165) is 41.2 Å². The Morgan fingerprint density at radius 1 is 1.13 bits per heavy atom. The number of morpholine rings is 1. The molecule has 260 valence electrons. The highest BCUT2D eigenvalue weighted by Gasteiger charge is 2.57. The van der Waals surface area contributed by atoms with E-state index in [1.807, 2.05) is 65.4 Å². The van der Waals surface area contributed by atoms with Gasteiger partial charge in [-0.15, -0.1) is 0 Å². The Hall–Kier alpha value is -1.93. The smallest absolute Gasteiger partial charge is 0.444 e. The molecule has 2 aromatic rings. The quantitative estimate of drug-likeness (QED) is 0.299. The van der Waals surface area contributed by atoms with Gasteiger partial charge in [-0.1, -0.05) is 11.6 Å². The molecule has 1 spiro atoms. The van der Waals surface area contributed by atoms with E-state index >= 15 is 0 Å². The molecule has 1 aromatic carbocycles. The summed E-state index contributed by atoms with van der Waals surface area (Å²) in [7, 11) is -0.622. The Kier molecular flexibility index (Phi) is 9.48. The molecule has 1 N–H and O–H groups in total. The van der Waals surface area contributed by atoms with Crippen molar-refractivity contribution < 1.29 is 38.2 Å². The zero-order valence-electron chi connectivity index (χ0n) is 29.0. The van der Waals surface area contributed by atoms with Gasteiger partial charge in [-0.2, -0.15) is 5.10 Å². The van der Waals surface area contributed by atoms with E-state index in [-0.39, 0.29) is 12.3 Å². The van der Waals surface area contributed by atoms with E-state index in [1.165, 1.54) is 0 Å². The number of hydrogen-bond donors (Lipinski definition) is 1. The molecule has 47 heavy (non-hydrogen) atoms. The summed E-state index contributed by atoms with van der Waals surface area (Å²) in [5.41, 5.74) is -0.384. The van der Waals surface area contributed by atoms with Crippen LogP contribution in [0.25, 0.3) is 10.9 Å². The van der Waals surface area contributed by atoms with Crippen LogP contribution in [0.15, 0.2) is 12.3 Å². The molecule has 4 fully saturated rings. The van der Waals surface area contributed by atoms with Crippen LogP contribution >= 0.6 is 11.6 Å². The van der Waals surface area contributed by atoms with Crippen LogP contribution in [0, 0.1) is 0 Å². The van der Waals surface area contributed by atoms with Crippen LogP contribution in [0.1, 0.15) is 98.8 Å². The highest BCUT2D eigenvalue weighted by atomic mass is 35.5. The lowest BCUT2D eigenvalue weighted by Crippen LogP contribution is -2.66. The fraction of sp³-hybridized carbons (Fsp3) is 0.765. The van der Waals surface area contributed by atoms with Crippen molar-refractivity contribution in [2.24, 2.45) is 0 Å². The Morgan fingerprint density at radius 3 is 2.51 bits per heavy atom. The topological polar surface area (TPSA) is 114 Å². The molecule has 3 aliphatic heterocycles. The maximum absolute atomic E-state index is 12.6. The lowest BCUT2D eigenvalue weighted by molar-refractivity contribution is -0.235. The number of benzene rings is 1. The van der Waals surface area contributed by atoms with Crippen LogP contribution in [-0.4, -0.2) is 101 Å². The van der Waals surface area contributed by atoms with Gasteiger partial charge < -0.3 is 38.3 Å². The summed E-state index contributed by atoms with van der Waals surface area (Å²) in [4.78, 5) is 14.3. The number of fused-ring (bicyclic) bond motifs is 1. The first-order chi connectivity index (χ1) is 22.0. The SMILES string of the molecule is CC(C)(C)OC(=O)N1CCOC2(C1)CC(O)(CCOCCc1c(Cl)cc3c(cnn3C3CCCCO3)c1B1OC(C)(C)C(C)(C)O1)C2. The van der Waals surface area contributed by atoms with Crippen LogP contribution in [0.4, 0.5) is 4.79 Å². The van der Waals surface area contributed by atoms with Gasteiger partial charge in [0, 0.05) is 43.0 Å². The fourth-order valence-corrected chi connectivity index (χ4v) is 7.56.